The Bertz CT molecular complexity index is 580. The fourth-order valence-corrected chi connectivity index (χ4v) is 2.46. The standard InChI is InChI=1S/C15H20N4O4/c1-16-7-6-14(20)17-8-10-18(11-9-17)15(21)12-2-4-13(5-3-12)19(22)23/h2-5,16H,6-11H2,1H3. The van der Waals surface area contributed by atoms with Gasteiger partial charge in [0.1, 0.15) is 0 Å². The van der Waals surface area contributed by atoms with Crippen LogP contribution in [-0.4, -0.2) is 66.3 Å². The number of non-ortho nitro benzene ring substituents is 1. The van der Waals surface area contributed by atoms with E-state index < -0.39 is 4.92 Å². The third-order valence-corrected chi connectivity index (χ3v) is 3.83. The summed E-state index contributed by atoms with van der Waals surface area (Å²) in [7, 11) is 1.80. The zero-order valence-electron chi connectivity index (χ0n) is 13.0. The van der Waals surface area contributed by atoms with Crippen LogP contribution in [-0.2, 0) is 4.79 Å². The molecule has 1 heterocycles. The summed E-state index contributed by atoms with van der Waals surface area (Å²) in [5.74, 6) is -0.0796. The van der Waals surface area contributed by atoms with Crippen LogP contribution in [0.25, 0.3) is 0 Å². The first kappa shape index (κ1) is 16.9. The molecule has 1 N–H and O–H groups in total. The zero-order chi connectivity index (χ0) is 16.8. The molecule has 0 aliphatic carbocycles. The molecular formula is C15H20N4O4. The molecule has 1 aromatic carbocycles. The first-order valence-corrected chi connectivity index (χ1v) is 7.49. The lowest BCUT2D eigenvalue weighted by atomic mass is 10.1. The number of nitrogens with one attached hydrogen (secondary N) is 1. The Balaban J connectivity index is 1.90. The molecular weight excluding hydrogens is 300 g/mol. The number of carbonyl (C=O) groups is 2. The van der Waals surface area contributed by atoms with Crippen LogP contribution in [0.2, 0.25) is 0 Å². The van der Waals surface area contributed by atoms with Crippen LogP contribution in [0.1, 0.15) is 16.8 Å². The summed E-state index contributed by atoms with van der Waals surface area (Å²) in [6.45, 7) is 2.62. The fraction of sp³-hybridized carbons (Fsp3) is 0.467. The van der Waals surface area contributed by atoms with Crippen molar-refractivity contribution in [3.8, 4) is 0 Å². The lowest BCUT2D eigenvalue weighted by Gasteiger charge is -2.34. The number of nitrogens with zero attached hydrogens (tertiary/aromatic N) is 3. The molecule has 0 atom stereocenters. The van der Waals surface area contributed by atoms with E-state index in [0.717, 1.165) is 0 Å². The molecule has 0 saturated carbocycles. The van der Waals surface area contributed by atoms with Gasteiger partial charge in [-0.25, -0.2) is 0 Å². The van der Waals surface area contributed by atoms with Crippen LogP contribution in [0.3, 0.4) is 0 Å². The number of benzene rings is 1. The van der Waals surface area contributed by atoms with Crippen molar-refractivity contribution in [3.05, 3.63) is 39.9 Å². The summed E-state index contributed by atoms with van der Waals surface area (Å²) in [6, 6.07) is 5.57. The van der Waals surface area contributed by atoms with Crippen molar-refractivity contribution in [1.82, 2.24) is 15.1 Å². The largest absolute Gasteiger partial charge is 0.339 e. The Kier molecular flexibility index (Phi) is 5.64. The van der Waals surface area contributed by atoms with Crippen LogP contribution < -0.4 is 5.32 Å². The van der Waals surface area contributed by atoms with E-state index in [1.807, 2.05) is 0 Å². The highest BCUT2D eigenvalue weighted by Gasteiger charge is 2.24. The summed E-state index contributed by atoms with van der Waals surface area (Å²) < 4.78 is 0. The second kappa shape index (κ2) is 7.68. The molecule has 0 spiro atoms. The van der Waals surface area contributed by atoms with Crippen LogP contribution in [0.4, 0.5) is 5.69 Å². The molecule has 1 aliphatic heterocycles. The summed E-state index contributed by atoms with van der Waals surface area (Å²) in [5, 5.41) is 13.6. The van der Waals surface area contributed by atoms with Crippen molar-refractivity contribution in [2.45, 2.75) is 6.42 Å². The second-order valence-electron chi connectivity index (χ2n) is 5.33. The highest BCUT2D eigenvalue weighted by Crippen LogP contribution is 2.14. The van der Waals surface area contributed by atoms with Crippen LogP contribution in [0.5, 0.6) is 0 Å². The number of rotatable bonds is 5. The predicted molar refractivity (Wildman–Crippen MR) is 84.1 cm³/mol. The molecule has 0 bridgehead atoms. The Labute approximate surface area is 134 Å². The van der Waals surface area contributed by atoms with Gasteiger partial charge in [-0.05, 0) is 19.2 Å². The summed E-state index contributed by atoms with van der Waals surface area (Å²) in [4.78, 5) is 37.9. The molecule has 1 aliphatic rings. The molecule has 8 heteroatoms. The van der Waals surface area contributed by atoms with E-state index in [9.17, 15) is 19.7 Å². The van der Waals surface area contributed by atoms with Crippen LogP contribution >= 0.6 is 0 Å². The van der Waals surface area contributed by atoms with Gasteiger partial charge < -0.3 is 15.1 Å². The smallest absolute Gasteiger partial charge is 0.269 e. The number of amides is 2. The van der Waals surface area contributed by atoms with Crippen molar-refractivity contribution in [3.63, 3.8) is 0 Å². The molecule has 8 nitrogen and oxygen atoms in total. The minimum Gasteiger partial charge on any atom is -0.339 e. The van der Waals surface area contributed by atoms with E-state index in [1.165, 1.54) is 24.3 Å². The SMILES string of the molecule is CNCCC(=O)N1CCN(C(=O)c2ccc([N+](=O)[O-])cc2)CC1. The number of nitro benzene ring substituents is 1. The number of hydrogen-bond acceptors (Lipinski definition) is 5. The predicted octanol–water partition coefficient (Wildman–Crippen LogP) is 0.489. The van der Waals surface area contributed by atoms with Gasteiger partial charge in [0.25, 0.3) is 11.6 Å². The lowest BCUT2D eigenvalue weighted by Crippen LogP contribution is -2.50. The molecule has 1 fully saturated rings. The lowest BCUT2D eigenvalue weighted by molar-refractivity contribution is -0.384. The van der Waals surface area contributed by atoms with Gasteiger partial charge in [0.05, 0.1) is 4.92 Å². The van der Waals surface area contributed by atoms with Gasteiger partial charge in [-0.1, -0.05) is 0 Å². The maximum Gasteiger partial charge on any atom is 0.269 e. The molecule has 23 heavy (non-hydrogen) atoms. The third kappa shape index (κ3) is 4.26. The minimum absolute atomic E-state index is 0.0403. The monoisotopic (exact) mass is 320 g/mol. The van der Waals surface area contributed by atoms with Gasteiger partial charge in [-0.15, -0.1) is 0 Å². The molecule has 124 valence electrons. The van der Waals surface area contributed by atoms with Gasteiger partial charge in [0.15, 0.2) is 0 Å². The van der Waals surface area contributed by atoms with Crippen molar-refractivity contribution in [1.29, 1.82) is 0 Å². The van der Waals surface area contributed by atoms with Gasteiger partial charge in [-0.2, -0.15) is 0 Å². The summed E-state index contributed by atoms with van der Waals surface area (Å²) in [6.07, 6.45) is 0.451. The molecule has 1 aromatic rings. The Morgan fingerprint density at radius 2 is 1.70 bits per heavy atom. The van der Waals surface area contributed by atoms with Crippen molar-refractivity contribution in [2.24, 2.45) is 0 Å². The Morgan fingerprint density at radius 1 is 1.13 bits per heavy atom. The number of nitro groups is 1. The third-order valence-electron chi connectivity index (χ3n) is 3.83. The van der Waals surface area contributed by atoms with E-state index in [2.05, 4.69) is 5.32 Å². The van der Waals surface area contributed by atoms with Crippen LogP contribution in [0, 0.1) is 10.1 Å². The van der Waals surface area contributed by atoms with Crippen molar-refractivity contribution in [2.75, 3.05) is 39.8 Å². The minimum atomic E-state index is -0.496. The van der Waals surface area contributed by atoms with E-state index >= 15 is 0 Å². The highest BCUT2D eigenvalue weighted by molar-refractivity contribution is 5.94. The van der Waals surface area contributed by atoms with Crippen molar-refractivity contribution >= 4 is 17.5 Å². The van der Waals surface area contributed by atoms with E-state index in [4.69, 9.17) is 0 Å². The Hall–Kier alpha value is -2.48. The van der Waals surface area contributed by atoms with Crippen LogP contribution in [0.15, 0.2) is 24.3 Å². The summed E-state index contributed by atoms with van der Waals surface area (Å²) in [5.41, 5.74) is 0.382. The number of hydrogen-bond donors (Lipinski definition) is 1. The first-order valence-electron chi connectivity index (χ1n) is 7.49. The van der Waals surface area contributed by atoms with Gasteiger partial charge in [0.2, 0.25) is 5.91 Å². The second-order valence-corrected chi connectivity index (χ2v) is 5.33. The van der Waals surface area contributed by atoms with Crippen molar-refractivity contribution < 1.29 is 14.5 Å². The van der Waals surface area contributed by atoms with E-state index in [0.29, 0.717) is 44.7 Å². The molecule has 0 aromatic heterocycles. The first-order chi connectivity index (χ1) is 11.0. The normalized spacial score (nSPS) is 14.7. The van der Waals surface area contributed by atoms with E-state index in [1.54, 1.807) is 16.8 Å². The highest BCUT2D eigenvalue weighted by atomic mass is 16.6. The average Bonchev–Trinajstić information content (AvgIpc) is 2.59. The molecule has 0 unspecified atom stereocenters. The van der Waals surface area contributed by atoms with Gasteiger partial charge in [0, 0.05) is 56.8 Å². The molecule has 2 amide bonds. The Morgan fingerprint density at radius 3 is 2.22 bits per heavy atom. The zero-order valence-corrected chi connectivity index (χ0v) is 13.0. The summed E-state index contributed by atoms with van der Waals surface area (Å²) >= 11 is 0. The van der Waals surface area contributed by atoms with Gasteiger partial charge >= 0.3 is 0 Å². The molecule has 0 radical (unpaired) electrons. The van der Waals surface area contributed by atoms with Gasteiger partial charge in [-0.3, -0.25) is 19.7 Å². The molecule has 1 saturated heterocycles. The molecule has 2 rings (SSSR count). The fourth-order valence-electron chi connectivity index (χ4n) is 2.46. The van der Waals surface area contributed by atoms with E-state index in [-0.39, 0.29) is 17.5 Å². The maximum absolute atomic E-state index is 12.4. The maximum atomic E-state index is 12.4. The number of piperazine rings is 1. The number of carbonyl (C=O) groups excluding carboxylic acids is 2. The average molecular weight is 320 g/mol. The quantitative estimate of drug-likeness (QED) is 0.629. The topological polar surface area (TPSA) is 95.8 Å².